The van der Waals surface area contributed by atoms with Gasteiger partial charge in [-0.05, 0) is 44.0 Å². The van der Waals surface area contributed by atoms with Crippen molar-refractivity contribution in [1.29, 1.82) is 0 Å². The number of nitrogens with zero attached hydrogens (tertiary/aromatic N) is 3. The van der Waals surface area contributed by atoms with Crippen LogP contribution in [0.3, 0.4) is 0 Å². The van der Waals surface area contributed by atoms with E-state index in [4.69, 9.17) is 4.74 Å². The first-order valence-electron chi connectivity index (χ1n) is 9.25. The number of thiazole rings is 1. The van der Waals surface area contributed by atoms with Gasteiger partial charge in [-0.1, -0.05) is 0 Å². The predicted molar refractivity (Wildman–Crippen MR) is 104 cm³/mol. The van der Waals surface area contributed by atoms with Crippen molar-refractivity contribution in [1.82, 2.24) is 14.3 Å². The van der Waals surface area contributed by atoms with E-state index < -0.39 is 0 Å². The van der Waals surface area contributed by atoms with Crippen molar-refractivity contribution in [3.05, 3.63) is 47.4 Å². The Bertz CT molecular complexity index is 1000. The number of amides is 1. The zero-order valence-corrected chi connectivity index (χ0v) is 16.2. The number of rotatable bonds is 4. The van der Waals surface area contributed by atoms with Gasteiger partial charge in [-0.3, -0.25) is 14.0 Å². The van der Waals surface area contributed by atoms with Gasteiger partial charge in [-0.2, -0.15) is 0 Å². The van der Waals surface area contributed by atoms with Crippen molar-refractivity contribution < 1.29 is 18.7 Å². The SMILES string of the molecule is CCOC(=O)C1CCN(C(=O)c2csc3nc(-c4ccc(F)cc4)cn23)CC1. The van der Waals surface area contributed by atoms with Crippen molar-refractivity contribution in [2.24, 2.45) is 5.92 Å². The third-order valence-electron chi connectivity index (χ3n) is 4.97. The summed E-state index contributed by atoms with van der Waals surface area (Å²) in [7, 11) is 0. The van der Waals surface area contributed by atoms with E-state index in [0.29, 0.717) is 48.9 Å². The summed E-state index contributed by atoms with van der Waals surface area (Å²) in [5, 5.41) is 1.80. The normalized spacial score (nSPS) is 15.1. The molecule has 0 bridgehead atoms. The predicted octanol–water partition coefficient (Wildman–Crippen LogP) is 3.62. The molecule has 0 atom stereocenters. The average Bonchev–Trinajstić information content (AvgIpc) is 3.29. The minimum Gasteiger partial charge on any atom is -0.466 e. The van der Waals surface area contributed by atoms with Gasteiger partial charge < -0.3 is 9.64 Å². The second kappa shape index (κ2) is 7.71. The van der Waals surface area contributed by atoms with E-state index in [9.17, 15) is 14.0 Å². The molecule has 3 heterocycles. The van der Waals surface area contributed by atoms with E-state index in [-0.39, 0.29) is 23.6 Å². The highest BCUT2D eigenvalue weighted by molar-refractivity contribution is 7.15. The molecular formula is C20H20FN3O3S. The Morgan fingerprint density at radius 3 is 2.64 bits per heavy atom. The molecule has 0 aliphatic carbocycles. The van der Waals surface area contributed by atoms with Crippen LogP contribution in [0.2, 0.25) is 0 Å². The number of carbonyl (C=O) groups excluding carboxylic acids is 2. The van der Waals surface area contributed by atoms with E-state index in [0.717, 1.165) is 5.56 Å². The first kappa shape index (κ1) is 18.6. The van der Waals surface area contributed by atoms with Crippen LogP contribution in [-0.4, -0.2) is 45.9 Å². The molecule has 1 aromatic carbocycles. The average molecular weight is 401 g/mol. The van der Waals surface area contributed by atoms with Crippen molar-refractivity contribution in [2.75, 3.05) is 19.7 Å². The van der Waals surface area contributed by atoms with Gasteiger partial charge in [-0.15, -0.1) is 11.3 Å². The molecule has 1 aliphatic heterocycles. The lowest BCUT2D eigenvalue weighted by atomic mass is 9.97. The van der Waals surface area contributed by atoms with Gasteiger partial charge in [0.15, 0.2) is 4.96 Å². The number of likely N-dealkylation sites (tertiary alicyclic amines) is 1. The van der Waals surface area contributed by atoms with Gasteiger partial charge >= 0.3 is 5.97 Å². The van der Waals surface area contributed by atoms with Crippen LogP contribution in [0.15, 0.2) is 35.8 Å². The van der Waals surface area contributed by atoms with Gasteiger partial charge in [0.1, 0.15) is 11.5 Å². The highest BCUT2D eigenvalue weighted by atomic mass is 32.1. The topological polar surface area (TPSA) is 63.9 Å². The van der Waals surface area contributed by atoms with Crippen molar-refractivity contribution >= 4 is 28.2 Å². The number of benzene rings is 1. The minimum atomic E-state index is -0.299. The third-order valence-corrected chi connectivity index (χ3v) is 5.81. The number of fused-ring (bicyclic) bond motifs is 1. The van der Waals surface area contributed by atoms with E-state index in [2.05, 4.69) is 4.98 Å². The Kier molecular flexibility index (Phi) is 5.13. The van der Waals surface area contributed by atoms with Gasteiger partial charge in [0.25, 0.3) is 5.91 Å². The minimum absolute atomic E-state index is 0.0726. The van der Waals surface area contributed by atoms with Crippen molar-refractivity contribution in [2.45, 2.75) is 19.8 Å². The molecule has 1 fully saturated rings. The smallest absolute Gasteiger partial charge is 0.309 e. The number of carbonyl (C=O) groups is 2. The quantitative estimate of drug-likeness (QED) is 0.627. The highest BCUT2D eigenvalue weighted by Crippen LogP contribution is 2.26. The molecule has 1 aliphatic rings. The number of piperidine rings is 1. The molecule has 1 saturated heterocycles. The summed E-state index contributed by atoms with van der Waals surface area (Å²) >= 11 is 1.39. The van der Waals surface area contributed by atoms with Crippen LogP contribution in [0.4, 0.5) is 4.39 Å². The first-order valence-corrected chi connectivity index (χ1v) is 10.1. The van der Waals surface area contributed by atoms with E-state index >= 15 is 0 Å². The Labute approximate surface area is 165 Å². The van der Waals surface area contributed by atoms with Crippen LogP contribution < -0.4 is 0 Å². The lowest BCUT2D eigenvalue weighted by Crippen LogP contribution is -2.41. The van der Waals surface area contributed by atoms with Gasteiger partial charge in [0.2, 0.25) is 0 Å². The zero-order chi connectivity index (χ0) is 19.7. The molecule has 0 saturated carbocycles. The molecule has 0 N–H and O–H groups in total. The molecule has 146 valence electrons. The highest BCUT2D eigenvalue weighted by Gasteiger charge is 2.30. The standard InChI is InChI=1S/C20H20FN3O3S/c1-2-27-19(26)14-7-9-23(10-8-14)18(25)17-12-28-20-22-16(11-24(17)20)13-3-5-15(21)6-4-13/h3-6,11-12,14H,2,7-10H2,1H3. The molecule has 1 amide bonds. The molecule has 8 heteroatoms. The third kappa shape index (κ3) is 3.52. The Morgan fingerprint density at radius 2 is 1.96 bits per heavy atom. The van der Waals surface area contributed by atoms with Crippen LogP contribution >= 0.6 is 11.3 Å². The number of ether oxygens (including phenoxy) is 1. The lowest BCUT2D eigenvalue weighted by Gasteiger charge is -2.30. The number of esters is 1. The lowest BCUT2D eigenvalue weighted by molar-refractivity contribution is -0.149. The molecule has 0 unspecified atom stereocenters. The Morgan fingerprint density at radius 1 is 1.25 bits per heavy atom. The number of imidazole rings is 1. The maximum absolute atomic E-state index is 13.1. The van der Waals surface area contributed by atoms with Crippen LogP contribution in [0, 0.1) is 11.7 Å². The monoisotopic (exact) mass is 401 g/mol. The summed E-state index contributed by atoms with van der Waals surface area (Å²) in [6.45, 7) is 3.23. The van der Waals surface area contributed by atoms with Gasteiger partial charge in [0.05, 0.1) is 18.2 Å². The van der Waals surface area contributed by atoms with E-state index in [1.54, 1.807) is 39.9 Å². The maximum Gasteiger partial charge on any atom is 0.309 e. The number of hydrogen-bond acceptors (Lipinski definition) is 5. The van der Waals surface area contributed by atoms with Crippen LogP contribution in [0.5, 0.6) is 0 Å². The number of halogens is 1. The molecular weight excluding hydrogens is 381 g/mol. The maximum atomic E-state index is 13.1. The Hall–Kier alpha value is -2.74. The molecule has 0 spiro atoms. The molecule has 3 aromatic rings. The van der Waals surface area contributed by atoms with Gasteiger partial charge in [-0.25, -0.2) is 9.37 Å². The van der Waals surface area contributed by atoms with Crippen LogP contribution in [0.25, 0.3) is 16.2 Å². The molecule has 4 rings (SSSR count). The summed E-state index contributed by atoms with van der Waals surface area (Å²) in [5.41, 5.74) is 2.04. The fraction of sp³-hybridized carbons (Fsp3) is 0.350. The van der Waals surface area contributed by atoms with Crippen molar-refractivity contribution in [3.8, 4) is 11.3 Å². The first-order chi connectivity index (χ1) is 13.6. The summed E-state index contributed by atoms with van der Waals surface area (Å²) in [6, 6.07) is 6.12. The molecule has 2 aromatic heterocycles. The largest absolute Gasteiger partial charge is 0.466 e. The zero-order valence-electron chi connectivity index (χ0n) is 15.4. The summed E-state index contributed by atoms with van der Waals surface area (Å²) < 4.78 is 20.0. The van der Waals surface area contributed by atoms with Crippen molar-refractivity contribution in [3.63, 3.8) is 0 Å². The fourth-order valence-electron chi connectivity index (χ4n) is 3.44. The van der Waals surface area contributed by atoms with Crippen LogP contribution in [-0.2, 0) is 9.53 Å². The molecule has 6 nitrogen and oxygen atoms in total. The summed E-state index contributed by atoms with van der Waals surface area (Å²) in [4.78, 5) is 31.9. The van der Waals surface area contributed by atoms with Crippen LogP contribution in [0.1, 0.15) is 30.3 Å². The summed E-state index contributed by atoms with van der Waals surface area (Å²) in [6.07, 6.45) is 3.03. The molecule has 28 heavy (non-hydrogen) atoms. The molecule has 0 radical (unpaired) electrons. The van der Waals surface area contributed by atoms with E-state index in [1.165, 1.54) is 23.5 Å². The second-order valence-electron chi connectivity index (χ2n) is 6.73. The fourth-order valence-corrected chi connectivity index (χ4v) is 4.28. The van der Waals surface area contributed by atoms with E-state index in [1.807, 2.05) is 0 Å². The number of aromatic nitrogens is 2. The van der Waals surface area contributed by atoms with Gasteiger partial charge in [0, 0.05) is 30.2 Å². The summed E-state index contributed by atoms with van der Waals surface area (Å²) in [5.74, 6) is -0.681. The number of hydrogen-bond donors (Lipinski definition) is 0. The Balaban J connectivity index is 1.51. The second-order valence-corrected chi connectivity index (χ2v) is 7.56.